The standard InChI is InChI=1S/C20H17N2S2/c1-12-14-6-4-3-5-13(14)7-8-15(12)18-17-16-9-10-23-20(16)24-19(17)21-11-22(18)2/h3-8,10-11,23H,9H2,1-2H3/q+1. The van der Waals surface area contributed by atoms with Gasteiger partial charge in [-0.15, -0.1) is 0 Å². The monoisotopic (exact) mass is 349 g/mol. The Labute approximate surface area is 148 Å². The molecule has 5 rings (SSSR count). The summed E-state index contributed by atoms with van der Waals surface area (Å²) >= 11 is 3.19. The average molecular weight is 350 g/mol. The molecular weight excluding hydrogens is 332 g/mol. The van der Waals surface area contributed by atoms with E-state index in [4.69, 9.17) is 0 Å². The Bertz CT molecular complexity index is 1160. The van der Waals surface area contributed by atoms with E-state index in [1.165, 1.54) is 58.9 Å². The topological polar surface area (TPSA) is 16.8 Å². The van der Waals surface area contributed by atoms with Gasteiger partial charge in [0.05, 0.1) is 16.6 Å². The number of hydrogen-bond donors (Lipinski definition) is 1. The molecule has 0 aliphatic carbocycles. The van der Waals surface area contributed by atoms with Crippen LogP contribution in [0.1, 0.15) is 11.1 Å². The molecule has 3 heterocycles. The molecule has 118 valence electrons. The second kappa shape index (κ2) is 5.23. The van der Waals surface area contributed by atoms with Crippen LogP contribution in [0.2, 0.25) is 0 Å². The van der Waals surface area contributed by atoms with Crippen LogP contribution in [0.25, 0.3) is 32.2 Å². The van der Waals surface area contributed by atoms with E-state index >= 15 is 0 Å². The van der Waals surface area contributed by atoms with Crippen LogP contribution >= 0.6 is 22.7 Å². The first kappa shape index (κ1) is 14.3. The van der Waals surface area contributed by atoms with Crippen molar-refractivity contribution in [3.63, 3.8) is 0 Å². The summed E-state index contributed by atoms with van der Waals surface area (Å²) in [5.74, 6) is 0. The summed E-state index contributed by atoms with van der Waals surface area (Å²) in [6, 6.07) is 13.1. The van der Waals surface area contributed by atoms with E-state index in [-0.39, 0.29) is 0 Å². The maximum atomic E-state index is 4.69. The van der Waals surface area contributed by atoms with Gasteiger partial charge >= 0.3 is 0 Å². The summed E-state index contributed by atoms with van der Waals surface area (Å²) in [6.45, 7) is 2.24. The third-order valence-electron chi connectivity index (χ3n) is 4.86. The van der Waals surface area contributed by atoms with E-state index < -0.39 is 0 Å². The molecule has 24 heavy (non-hydrogen) atoms. The van der Waals surface area contributed by atoms with Crippen molar-refractivity contribution < 1.29 is 4.57 Å². The molecule has 0 radical (unpaired) electrons. The number of nitrogens with zero attached hydrogens (tertiary/aromatic N) is 2. The van der Waals surface area contributed by atoms with E-state index in [1.807, 2.05) is 17.7 Å². The lowest BCUT2D eigenvalue weighted by molar-refractivity contribution is -0.662. The second-order valence-electron chi connectivity index (χ2n) is 6.25. The van der Waals surface area contributed by atoms with Crippen molar-refractivity contribution in [1.29, 1.82) is 0 Å². The largest absolute Gasteiger partial charge is 0.288 e. The molecule has 0 saturated carbocycles. The number of aromatic nitrogens is 2. The maximum absolute atomic E-state index is 4.69. The van der Waals surface area contributed by atoms with Gasteiger partial charge in [0.1, 0.15) is 5.69 Å². The summed E-state index contributed by atoms with van der Waals surface area (Å²) < 4.78 is 3.64. The summed E-state index contributed by atoms with van der Waals surface area (Å²) in [6.07, 6.45) is 3.01. The number of rotatable bonds is 1. The number of aryl methyl sites for hydroxylation is 2. The SMILES string of the molecule is Cc1c(-c2c3c4c(sc3nc[n+]2C)[SH]=CC4)ccc2ccccc12. The third-order valence-corrected chi connectivity index (χ3v) is 7.26. The highest BCUT2D eigenvalue weighted by Crippen LogP contribution is 2.42. The Morgan fingerprint density at radius 3 is 2.96 bits per heavy atom. The zero-order valence-corrected chi connectivity index (χ0v) is 15.3. The molecule has 0 bridgehead atoms. The number of fused-ring (bicyclic) bond motifs is 4. The molecular formula is C20H17N2S2+. The highest BCUT2D eigenvalue weighted by atomic mass is 32.2. The van der Waals surface area contributed by atoms with Crippen molar-refractivity contribution in [3.05, 3.63) is 53.9 Å². The summed E-state index contributed by atoms with van der Waals surface area (Å²) in [7, 11) is 2.11. The minimum atomic E-state index is 1.06. The average Bonchev–Trinajstić information content (AvgIpc) is 3.17. The second-order valence-corrected chi connectivity index (χ2v) is 8.62. The number of hydrogen-bond acceptors (Lipinski definition) is 2. The Morgan fingerprint density at radius 2 is 2.04 bits per heavy atom. The fourth-order valence-corrected chi connectivity index (χ4v) is 6.08. The van der Waals surface area contributed by atoms with E-state index in [9.17, 15) is 0 Å². The fourth-order valence-electron chi connectivity index (χ4n) is 3.67. The molecule has 1 aliphatic rings. The maximum Gasteiger partial charge on any atom is 0.288 e. The molecule has 0 fully saturated rings. The van der Waals surface area contributed by atoms with Crippen LogP contribution in [0.15, 0.2) is 46.9 Å². The van der Waals surface area contributed by atoms with Gasteiger partial charge in [-0.1, -0.05) is 47.0 Å². The molecule has 2 aromatic heterocycles. The van der Waals surface area contributed by atoms with Gasteiger partial charge in [-0.3, -0.25) is 0 Å². The normalized spacial score (nSPS) is 13.4. The van der Waals surface area contributed by atoms with Crippen molar-refractivity contribution in [2.45, 2.75) is 17.6 Å². The van der Waals surface area contributed by atoms with Gasteiger partial charge in [-0.2, -0.15) is 11.4 Å². The lowest BCUT2D eigenvalue weighted by Crippen LogP contribution is -2.31. The lowest BCUT2D eigenvalue weighted by atomic mass is 9.95. The molecule has 4 heteroatoms. The van der Waals surface area contributed by atoms with Crippen molar-refractivity contribution in [3.8, 4) is 11.3 Å². The zero-order chi connectivity index (χ0) is 16.3. The van der Waals surface area contributed by atoms with Gasteiger partial charge < -0.3 is 0 Å². The zero-order valence-electron chi connectivity index (χ0n) is 13.6. The van der Waals surface area contributed by atoms with Crippen molar-refractivity contribution in [2.75, 3.05) is 0 Å². The molecule has 0 amide bonds. The Balaban J connectivity index is 1.90. The first-order valence-corrected chi connectivity index (χ1v) is 9.83. The van der Waals surface area contributed by atoms with Crippen LogP contribution in [0.3, 0.4) is 0 Å². The van der Waals surface area contributed by atoms with Gasteiger partial charge in [-0.05, 0) is 46.3 Å². The van der Waals surface area contributed by atoms with Gasteiger partial charge in [-0.25, -0.2) is 4.57 Å². The minimum Gasteiger partial charge on any atom is -0.232 e. The smallest absolute Gasteiger partial charge is 0.232 e. The molecule has 4 aromatic rings. The fraction of sp³-hybridized carbons (Fsp3) is 0.150. The molecule has 0 atom stereocenters. The van der Waals surface area contributed by atoms with E-state index in [0.717, 1.165) is 6.42 Å². The van der Waals surface area contributed by atoms with E-state index in [1.54, 1.807) is 0 Å². The van der Waals surface area contributed by atoms with Crippen molar-refractivity contribution in [2.24, 2.45) is 7.05 Å². The summed E-state index contributed by atoms with van der Waals surface area (Å²) in [5.41, 5.74) is 5.43. The van der Waals surface area contributed by atoms with Gasteiger partial charge in [0.2, 0.25) is 4.83 Å². The Hall–Kier alpha value is -2.04. The molecule has 0 spiro atoms. The van der Waals surface area contributed by atoms with Gasteiger partial charge in [0.15, 0.2) is 0 Å². The Kier molecular flexibility index (Phi) is 3.12. The van der Waals surface area contributed by atoms with Crippen LogP contribution in [-0.2, 0) is 13.5 Å². The first-order chi connectivity index (χ1) is 11.7. The minimum absolute atomic E-state index is 1.06. The summed E-state index contributed by atoms with van der Waals surface area (Å²) in [5, 5.41) is 6.33. The third kappa shape index (κ3) is 1.93. The molecule has 2 aromatic carbocycles. The van der Waals surface area contributed by atoms with Crippen LogP contribution in [0, 0.1) is 6.92 Å². The number of thiophene rings is 1. The van der Waals surface area contributed by atoms with E-state index in [0.29, 0.717) is 0 Å². The Morgan fingerprint density at radius 1 is 1.17 bits per heavy atom. The van der Waals surface area contributed by atoms with Crippen LogP contribution in [-0.4, -0.2) is 10.4 Å². The van der Waals surface area contributed by atoms with Crippen molar-refractivity contribution >= 4 is 49.0 Å². The predicted molar refractivity (Wildman–Crippen MR) is 105 cm³/mol. The predicted octanol–water partition coefficient (Wildman–Crippen LogP) is 4.43. The molecule has 1 aliphatic heterocycles. The first-order valence-electron chi connectivity index (χ1n) is 8.05. The number of thiol groups is 1. The van der Waals surface area contributed by atoms with Gasteiger partial charge in [0.25, 0.3) is 6.33 Å². The van der Waals surface area contributed by atoms with E-state index in [2.05, 4.69) is 65.3 Å². The van der Waals surface area contributed by atoms with Crippen LogP contribution in [0.5, 0.6) is 0 Å². The van der Waals surface area contributed by atoms with Crippen LogP contribution < -0.4 is 4.57 Å². The molecule has 0 N–H and O–H groups in total. The molecule has 2 nitrogen and oxygen atoms in total. The highest BCUT2D eigenvalue weighted by molar-refractivity contribution is 8.00. The van der Waals surface area contributed by atoms with Crippen molar-refractivity contribution in [1.82, 2.24) is 4.98 Å². The molecule has 0 saturated heterocycles. The highest BCUT2D eigenvalue weighted by Gasteiger charge is 2.25. The summed E-state index contributed by atoms with van der Waals surface area (Å²) in [4.78, 5) is 5.85. The van der Waals surface area contributed by atoms with Crippen LogP contribution in [0.4, 0.5) is 0 Å². The quantitative estimate of drug-likeness (QED) is 0.305. The lowest BCUT2D eigenvalue weighted by Gasteiger charge is -2.11. The van der Waals surface area contributed by atoms with Gasteiger partial charge in [0, 0.05) is 5.56 Å². The molecule has 0 unspecified atom stereocenters. The number of benzene rings is 2.